The molecule has 0 aromatic carbocycles. The van der Waals surface area contributed by atoms with Crippen LogP contribution in [-0.2, 0) is 4.74 Å². The Balaban J connectivity index is 2.88. The Hall–Kier alpha value is -1.58. The molecule has 1 aromatic rings. The first kappa shape index (κ1) is 7.53. The molecule has 11 heavy (non-hydrogen) atoms. The molecule has 4 heteroatoms. The Morgan fingerprint density at radius 2 is 2.55 bits per heavy atom. The van der Waals surface area contributed by atoms with Gasteiger partial charge in [0.2, 0.25) is 0 Å². The molecule has 1 N–H and O–H groups in total. The summed E-state index contributed by atoms with van der Waals surface area (Å²) in [5, 5.41) is 6.78. The second-order valence-electron chi connectivity index (χ2n) is 1.87. The van der Waals surface area contributed by atoms with Crippen molar-refractivity contribution in [1.29, 1.82) is 5.41 Å². The van der Waals surface area contributed by atoms with E-state index in [0.717, 1.165) is 6.21 Å². The Bertz CT molecular complexity index is 277. The molecule has 58 valence electrons. The van der Waals surface area contributed by atoms with E-state index < -0.39 is 5.97 Å². The van der Waals surface area contributed by atoms with Gasteiger partial charge in [-0.2, -0.15) is 0 Å². The fourth-order valence-electron chi connectivity index (χ4n) is 0.653. The summed E-state index contributed by atoms with van der Waals surface area (Å²) in [5.41, 5.74) is 0.325. The number of hydrogen-bond acceptors (Lipinski definition) is 4. The van der Waals surface area contributed by atoms with Crippen molar-refractivity contribution < 1.29 is 13.9 Å². The van der Waals surface area contributed by atoms with Crippen LogP contribution in [0, 0.1) is 5.41 Å². The molecule has 0 aliphatic heterocycles. The van der Waals surface area contributed by atoms with Crippen LogP contribution in [0.2, 0.25) is 0 Å². The quantitative estimate of drug-likeness (QED) is 0.510. The van der Waals surface area contributed by atoms with E-state index in [0.29, 0.717) is 11.3 Å². The van der Waals surface area contributed by atoms with Crippen LogP contribution in [0.4, 0.5) is 0 Å². The molecule has 0 spiro atoms. The monoisotopic (exact) mass is 153 g/mol. The van der Waals surface area contributed by atoms with Gasteiger partial charge in [-0.25, -0.2) is 4.79 Å². The van der Waals surface area contributed by atoms with E-state index >= 15 is 0 Å². The van der Waals surface area contributed by atoms with E-state index in [4.69, 9.17) is 9.83 Å². The molecule has 0 unspecified atom stereocenters. The van der Waals surface area contributed by atoms with E-state index in [2.05, 4.69) is 4.74 Å². The summed E-state index contributed by atoms with van der Waals surface area (Å²) in [7, 11) is 1.29. The maximum atomic E-state index is 10.8. The molecule has 0 fully saturated rings. The molecule has 1 aromatic heterocycles. The third kappa shape index (κ3) is 1.46. The SMILES string of the molecule is COC(=O)c1coc(C=N)c1. The molecular formula is C7H7NO3. The standard InChI is InChI=1S/C7H7NO3/c1-10-7(9)5-2-6(3-8)11-4-5/h2-4,8H,1H3. The molecule has 0 aliphatic carbocycles. The molecule has 1 heterocycles. The number of rotatable bonds is 2. The number of ether oxygens (including phenoxy) is 1. The van der Waals surface area contributed by atoms with E-state index in [1.54, 1.807) is 0 Å². The number of esters is 1. The van der Waals surface area contributed by atoms with Gasteiger partial charge in [-0.1, -0.05) is 0 Å². The van der Waals surface area contributed by atoms with Gasteiger partial charge in [0.25, 0.3) is 0 Å². The van der Waals surface area contributed by atoms with Crippen LogP contribution in [-0.4, -0.2) is 19.3 Å². The molecular weight excluding hydrogens is 146 g/mol. The lowest BCUT2D eigenvalue weighted by Crippen LogP contribution is -1.98. The van der Waals surface area contributed by atoms with E-state index in [1.807, 2.05) is 0 Å². The minimum atomic E-state index is -0.457. The Kier molecular flexibility index (Phi) is 2.06. The number of carbonyl (C=O) groups is 1. The van der Waals surface area contributed by atoms with Gasteiger partial charge in [-0.3, -0.25) is 0 Å². The van der Waals surface area contributed by atoms with E-state index in [9.17, 15) is 4.79 Å². The van der Waals surface area contributed by atoms with E-state index in [1.165, 1.54) is 19.4 Å². The summed E-state index contributed by atoms with van der Waals surface area (Å²) < 4.78 is 9.21. The summed E-state index contributed by atoms with van der Waals surface area (Å²) in [5.74, 6) is -0.118. The zero-order chi connectivity index (χ0) is 8.27. The molecule has 0 aliphatic rings. The second-order valence-corrected chi connectivity index (χ2v) is 1.87. The predicted octanol–water partition coefficient (Wildman–Crippen LogP) is 1.06. The van der Waals surface area contributed by atoms with Crippen LogP contribution < -0.4 is 0 Å². The lowest BCUT2D eigenvalue weighted by Gasteiger charge is -1.89. The maximum Gasteiger partial charge on any atom is 0.341 e. The van der Waals surface area contributed by atoms with Crippen LogP contribution in [0.25, 0.3) is 0 Å². The normalized spacial score (nSPS) is 9.18. The average Bonchev–Trinajstić information content (AvgIpc) is 2.50. The Morgan fingerprint density at radius 3 is 3.00 bits per heavy atom. The van der Waals surface area contributed by atoms with Gasteiger partial charge in [0.15, 0.2) is 0 Å². The molecule has 0 atom stereocenters. The largest absolute Gasteiger partial charge is 0.465 e. The number of furan rings is 1. The fourth-order valence-corrected chi connectivity index (χ4v) is 0.653. The first-order chi connectivity index (χ1) is 5.27. The highest BCUT2D eigenvalue weighted by molar-refractivity contribution is 5.90. The van der Waals surface area contributed by atoms with Crippen molar-refractivity contribution in [2.75, 3.05) is 7.11 Å². The van der Waals surface area contributed by atoms with Gasteiger partial charge >= 0.3 is 5.97 Å². The smallest absolute Gasteiger partial charge is 0.341 e. The van der Waals surface area contributed by atoms with Crippen LogP contribution in [0.1, 0.15) is 16.1 Å². The predicted molar refractivity (Wildman–Crippen MR) is 37.9 cm³/mol. The number of nitrogens with one attached hydrogen (secondary N) is 1. The van der Waals surface area contributed by atoms with Gasteiger partial charge in [0.1, 0.15) is 12.0 Å². The first-order valence-electron chi connectivity index (χ1n) is 2.95. The lowest BCUT2D eigenvalue weighted by molar-refractivity contribution is 0.0600. The summed E-state index contributed by atoms with van der Waals surface area (Å²) in [6.45, 7) is 0. The molecule has 0 saturated heterocycles. The van der Waals surface area contributed by atoms with Crippen LogP contribution in [0.3, 0.4) is 0 Å². The zero-order valence-electron chi connectivity index (χ0n) is 5.96. The molecule has 0 radical (unpaired) electrons. The Morgan fingerprint density at radius 1 is 1.82 bits per heavy atom. The third-order valence-corrected chi connectivity index (χ3v) is 1.18. The average molecular weight is 153 g/mol. The van der Waals surface area contributed by atoms with E-state index in [-0.39, 0.29) is 0 Å². The van der Waals surface area contributed by atoms with Gasteiger partial charge in [0, 0.05) is 0 Å². The first-order valence-corrected chi connectivity index (χ1v) is 2.95. The van der Waals surface area contributed by atoms with Crippen molar-refractivity contribution >= 4 is 12.2 Å². The highest BCUT2D eigenvalue weighted by Gasteiger charge is 2.07. The van der Waals surface area contributed by atoms with Crippen molar-refractivity contribution in [3.05, 3.63) is 23.7 Å². The zero-order valence-corrected chi connectivity index (χ0v) is 5.96. The lowest BCUT2D eigenvalue weighted by atomic mass is 10.3. The molecule has 4 nitrogen and oxygen atoms in total. The van der Waals surface area contributed by atoms with Crippen molar-refractivity contribution in [3.8, 4) is 0 Å². The van der Waals surface area contributed by atoms with Crippen LogP contribution in [0.15, 0.2) is 16.7 Å². The van der Waals surface area contributed by atoms with Gasteiger partial charge in [-0.05, 0) is 6.07 Å². The highest BCUT2D eigenvalue weighted by atomic mass is 16.5. The summed E-state index contributed by atoms with van der Waals surface area (Å²) in [4.78, 5) is 10.8. The number of carbonyl (C=O) groups excluding carboxylic acids is 1. The third-order valence-electron chi connectivity index (χ3n) is 1.18. The summed E-state index contributed by atoms with van der Waals surface area (Å²) >= 11 is 0. The topological polar surface area (TPSA) is 63.3 Å². The number of hydrogen-bond donors (Lipinski definition) is 1. The van der Waals surface area contributed by atoms with Gasteiger partial charge in [-0.15, -0.1) is 0 Å². The summed E-state index contributed by atoms with van der Waals surface area (Å²) in [6, 6.07) is 1.44. The highest BCUT2D eigenvalue weighted by Crippen LogP contribution is 2.06. The van der Waals surface area contributed by atoms with Crippen molar-refractivity contribution in [1.82, 2.24) is 0 Å². The summed E-state index contributed by atoms with van der Waals surface area (Å²) in [6.07, 6.45) is 2.28. The molecule has 0 bridgehead atoms. The van der Waals surface area contributed by atoms with Crippen LogP contribution in [0.5, 0.6) is 0 Å². The van der Waals surface area contributed by atoms with Crippen LogP contribution >= 0.6 is 0 Å². The van der Waals surface area contributed by atoms with Gasteiger partial charge < -0.3 is 14.6 Å². The second kappa shape index (κ2) is 3.01. The fraction of sp³-hybridized carbons (Fsp3) is 0.143. The van der Waals surface area contributed by atoms with Gasteiger partial charge in [0.05, 0.1) is 18.9 Å². The number of methoxy groups -OCH3 is 1. The van der Waals surface area contributed by atoms with Crippen molar-refractivity contribution in [3.63, 3.8) is 0 Å². The van der Waals surface area contributed by atoms with Crippen molar-refractivity contribution in [2.24, 2.45) is 0 Å². The Labute approximate surface area is 63.3 Å². The van der Waals surface area contributed by atoms with Crippen molar-refractivity contribution in [2.45, 2.75) is 0 Å². The maximum absolute atomic E-state index is 10.8. The minimum absolute atomic E-state index is 0.325. The molecule has 0 saturated carbocycles. The molecule has 0 amide bonds. The minimum Gasteiger partial charge on any atom is -0.465 e. The molecule has 1 rings (SSSR count).